The summed E-state index contributed by atoms with van der Waals surface area (Å²) in [6.45, 7) is 12.6. The lowest BCUT2D eigenvalue weighted by atomic mass is 10.1. The third-order valence-electron chi connectivity index (χ3n) is 4.11. The van der Waals surface area contributed by atoms with Crippen molar-refractivity contribution in [2.24, 2.45) is 0 Å². The lowest BCUT2D eigenvalue weighted by Gasteiger charge is -2.24. The Morgan fingerprint density at radius 2 is 1.89 bits per heavy atom. The fourth-order valence-corrected chi connectivity index (χ4v) is 2.76. The molecule has 0 bridgehead atoms. The van der Waals surface area contributed by atoms with E-state index in [1.807, 2.05) is 4.90 Å². The Balaban J connectivity index is 2.25. The molecule has 0 saturated carbocycles. The van der Waals surface area contributed by atoms with Crippen molar-refractivity contribution in [3.05, 3.63) is 0 Å². The summed E-state index contributed by atoms with van der Waals surface area (Å²) >= 11 is 0. The SMILES string of the molecule is CCN(CC)CCCN(CC)C(=O)CC1CCCN1. The Hall–Kier alpha value is -0.610. The van der Waals surface area contributed by atoms with E-state index in [1.54, 1.807) is 0 Å². The van der Waals surface area contributed by atoms with E-state index in [1.165, 1.54) is 6.42 Å². The van der Waals surface area contributed by atoms with E-state index >= 15 is 0 Å². The fraction of sp³-hybridized carbons (Fsp3) is 0.933. The Bertz CT molecular complexity index is 248. The number of nitrogens with zero attached hydrogens (tertiary/aromatic N) is 2. The summed E-state index contributed by atoms with van der Waals surface area (Å²) in [5.41, 5.74) is 0. The molecule has 0 aromatic carbocycles. The van der Waals surface area contributed by atoms with Crippen LogP contribution in [0.15, 0.2) is 0 Å². The first-order valence-corrected chi connectivity index (χ1v) is 7.94. The first-order chi connectivity index (χ1) is 9.21. The summed E-state index contributed by atoms with van der Waals surface area (Å²) < 4.78 is 0. The van der Waals surface area contributed by atoms with Crippen molar-refractivity contribution in [3.63, 3.8) is 0 Å². The average Bonchev–Trinajstić information content (AvgIpc) is 2.92. The lowest BCUT2D eigenvalue weighted by Crippen LogP contribution is -2.37. The van der Waals surface area contributed by atoms with Crippen molar-refractivity contribution in [1.82, 2.24) is 15.1 Å². The standard InChI is InChI=1S/C15H31N3O/c1-4-17(5-2)11-8-12-18(6-3)15(19)13-14-9-7-10-16-14/h14,16H,4-13H2,1-3H3. The molecular weight excluding hydrogens is 238 g/mol. The highest BCUT2D eigenvalue weighted by Crippen LogP contribution is 2.10. The van der Waals surface area contributed by atoms with Gasteiger partial charge in [0.05, 0.1) is 0 Å². The van der Waals surface area contributed by atoms with E-state index in [0.717, 1.165) is 52.1 Å². The quantitative estimate of drug-likeness (QED) is 0.692. The van der Waals surface area contributed by atoms with Crippen LogP contribution in [0.5, 0.6) is 0 Å². The maximum Gasteiger partial charge on any atom is 0.224 e. The second kappa shape index (κ2) is 9.32. The van der Waals surface area contributed by atoms with Crippen molar-refractivity contribution >= 4 is 5.91 Å². The Morgan fingerprint density at radius 3 is 2.42 bits per heavy atom. The molecule has 1 aliphatic heterocycles. The van der Waals surface area contributed by atoms with Crippen molar-refractivity contribution in [3.8, 4) is 0 Å². The van der Waals surface area contributed by atoms with E-state index < -0.39 is 0 Å². The van der Waals surface area contributed by atoms with E-state index in [4.69, 9.17) is 0 Å². The molecule has 0 spiro atoms. The molecule has 4 nitrogen and oxygen atoms in total. The van der Waals surface area contributed by atoms with Crippen LogP contribution in [0.25, 0.3) is 0 Å². The van der Waals surface area contributed by atoms with Crippen LogP contribution in [0.3, 0.4) is 0 Å². The van der Waals surface area contributed by atoms with Crippen LogP contribution in [0.2, 0.25) is 0 Å². The highest BCUT2D eigenvalue weighted by Gasteiger charge is 2.20. The van der Waals surface area contributed by atoms with Gasteiger partial charge in [-0.2, -0.15) is 0 Å². The number of carbonyl (C=O) groups is 1. The average molecular weight is 269 g/mol. The molecule has 1 unspecified atom stereocenters. The van der Waals surface area contributed by atoms with Gasteiger partial charge < -0.3 is 15.1 Å². The van der Waals surface area contributed by atoms with Gasteiger partial charge in [0.2, 0.25) is 5.91 Å². The highest BCUT2D eigenvalue weighted by molar-refractivity contribution is 5.76. The minimum absolute atomic E-state index is 0.321. The molecule has 19 heavy (non-hydrogen) atoms. The van der Waals surface area contributed by atoms with Gasteiger partial charge in [-0.3, -0.25) is 4.79 Å². The molecule has 1 rings (SSSR count). The number of hydrogen-bond acceptors (Lipinski definition) is 3. The maximum absolute atomic E-state index is 12.2. The van der Waals surface area contributed by atoms with Gasteiger partial charge in [-0.25, -0.2) is 0 Å². The monoisotopic (exact) mass is 269 g/mol. The van der Waals surface area contributed by atoms with Crippen molar-refractivity contribution in [2.75, 3.05) is 39.3 Å². The number of nitrogens with one attached hydrogen (secondary N) is 1. The Kier molecular flexibility index (Phi) is 8.07. The smallest absolute Gasteiger partial charge is 0.224 e. The summed E-state index contributed by atoms with van der Waals surface area (Å²) in [5, 5.41) is 3.40. The molecule has 1 saturated heterocycles. The van der Waals surface area contributed by atoms with Crippen LogP contribution in [0, 0.1) is 0 Å². The zero-order valence-electron chi connectivity index (χ0n) is 13.0. The van der Waals surface area contributed by atoms with Crippen molar-refractivity contribution in [1.29, 1.82) is 0 Å². The third-order valence-corrected chi connectivity index (χ3v) is 4.11. The second-order valence-electron chi connectivity index (χ2n) is 5.35. The van der Waals surface area contributed by atoms with Crippen molar-refractivity contribution in [2.45, 2.75) is 52.5 Å². The third kappa shape index (κ3) is 5.91. The summed E-state index contributed by atoms with van der Waals surface area (Å²) in [7, 11) is 0. The van der Waals surface area contributed by atoms with Crippen LogP contribution < -0.4 is 5.32 Å². The van der Waals surface area contributed by atoms with Gasteiger partial charge in [0.15, 0.2) is 0 Å². The molecule has 1 aliphatic rings. The first-order valence-electron chi connectivity index (χ1n) is 7.94. The molecule has 1 fully saturated rings. The second-order valence-corrected chi connectivity index (χ2v) is 5.35. The normalized spacial score (nSPS) is 19.1. The molecule has 4 heteroatoms. The summed E-state index contributed by atoms with van der Waals surface area (Å²) in [4.78, 5) is 16.6. The number of hydrogen-bond donors (Lipinski definition) is 1. The summed E-state index contributed by atoms with van der Waals surface area (Å²) in [5.74, 6) is 0.321. The van der Waals surface area contributed by atoms with Crippen LogP contribution in [-0.2, 0) is 4.79 Å². The molecule has 0 aliphatic carbocycles. The topological polar surface area (TPSA) is 35.6 Å². The lowest BCUT2D eigenvalue weighted by molar-refractivity contribution is -0.131. The van der Waals surface area contributed by atoms with E-state index in [-0.39, 0.29) is 0 Å². The molecule has 1 amide bonds. The molecule has 1 heterocycles. The molecule has 112 valence electrons. The van der Waals surface area contributed by atoms with Gasteiger partial charge >= 0.3 is 0 Å². The van der Waals surface area contributed by atoms with E-state index in [2.05, 4.69) is 31.0 Å². The minimum Gasteiger partial charge on any atom is -0.343 e. The van der Waals surface area contributed by atoms with Gasteiger partial charge in [-0.15, -0.1) is 0 Å². The van der Waals surface area contributed by atoms with E-state index in [0.29, 0.717) is 18.4 Å². The predicted molar refractivity (Wildman–Crippen MR) is 80.3 cm³/mol. The zero-order chi connectivity index (χ0) is 14.1. The minimum atomic E-state index is 0.321. The number of amides is 1. The van der Waals surface area contributed by atoms with Crippen molar-refractivity contribution < 1.29 is 4.79 Å². The van der Waals surface area contributed by atoms with Gasteiger partial charge in [0, 0.05) is 25.6 Å². The van der Waals surface area contributed by atoms with Gasteiger partial charge in [-0.1, -0.05) is 13.8 Å². The van der Waals surface area contributed by atoms with Gasteiger partial charge in [0.25, 0.3) is 0 Å². The van der Waals surface area contributed by atoms with E-state index in [9.17, 15) is 4.79 Å². The molecule has 0 aromatic rings. The molecule has 0 radical (unpaired) electrons. The molecule has 1 N–H and O–H groups in total. The van der Waals surface area contributed by atoms with Gasteiger partial charge in [-0.05, 0) is 52.4 Å². The van der Waals surface area contributed by atoms with Crippen LogP contribution in [-0.4, -0.2) is 61.0 Å². The first kappa shape index (κ1) is 16.4. The summed E-state index contributed by atoms with van der Waals surface area (Å²) in [6.07, 6.45) is 4.13. The maximum atomic E-state index is 12.2. The molecule has 0 aromatic heterocycles. The Morgan fingerprint density at radius 1 is 1.16 bits per heavy atom. The predicted octanol–water partition coefficient (Wildman–Crippen LogP) is 1.71. The van der Waals surface area contributed by atoms with Crippen LogP contribution >= 0.6 is 0 Å². The fourth-order valence-electron chi connectivity index (χ4n) is 2.76. The van der Waals surface area contributed by atoms with Crippen LogP contribution in [0.4, 0.5) is 0 Å². The largest absolute Gasteiger partial charge is 0.343 e. The summed E-state index contributed by atoms with van der Waals surface area (Å²) in [6, 6.07) is 0.421. The van der Waals surface area contributed by atoms with Crippen LogP contribution in [0.1, 0.15) is 46.5 Å². The zero-order valence-corrected chi connectivity index (χ0v) is 13.0. The highest BCUT2D eigenvalue weighted by atomic mass is 16.2. The molecule has 1 atom stereocenters. The number of carbonyl (C=O) groups excluding carboxylic acids is 1. The van der Waals surface area contributed by atoms with Gasteiger partial charge in [0.1, 0.15) is 0 Å². The number of rotatable bonds is 9. The Labute approximate surface area is 118 Å². The molecular formula is C15H31N3O.